The second kappa shape index (κ2) is 4.45. The van der Waals surface area contributed by atoms with Gasteiger partial charge in [0.25, 0.3) is 11.6 Å². The lowest BCUT2D eigenvalue weighted by atomic mass is 10.2. The fourth-order valence-electron chi connectivity index (χ4n) is 1.50. The van der Waals surface area contributed by atoms with Crippen molar-refractivity contribution in [2.24, 2.45) is 0 Å². The summed E-state index contributed by atoms with van der Waals surface area (Å²) >= 11 is 0. The maximum Gasteiger partial charge on any atom is 0.297 e. The van der Waals surface area contributed by atoms with Crippen LogP contribution in [0.1, 0.15) is 13.8 Å². The largest absolute Gasteiger partial charge is 0.497 e. The number of ether oxygens (including phenoxy) is 2. The van der Waals surface area contributed by atoms with Crippen molar-refractivity contribution in [3.8, 4) is 11.8 Å². The lowest BCUT2D eigenvalue weighted by molar-refractivity contribution is 0.222. The van der Waals surface area contributed by atoms with Crippen LogP contribution in [0.15, 0.2) is 23.0 Å². The Balaban J connectivity index is 2.57. The highest BCUT2D eigenvalue weighted by Gasteiger charge is 2.06. The van der Waals surface area contributed by atoms with Gasteiger partial charge in [-0.25, -0.2) is 0 Å². The van der Waals surface area contributed by atoms with Gasteiger partial charge in [0.05, 0.1) is 24.1 Å². The number of benzene rings is 1. The van der Waals surface area contributed by atoms with Gasteiger partial charge in [0, 0.05) is 6.07 Å². The number of H-pyrrole nitrogens is 1. The smallest absolute Gasteiger partial charge is 0.297 e. The van der Waals surface area contributed by atoms with Crippen LogP contribution in [-0.4, -0.2) is 23.2 Å². The number of rotatable bonds is 3. The van der Waals surface area contributed by atoms with Gasteiger partial charge in [-0.3, -0.25) is 9.78 Å². The van der Waals surface area contributed by atoms with Crippen LogP contribution < -0.4 is 15.0 Å². The fraction of sp³-hybridized carbons (Fsp3) is 0.333. The number of fused-ring (bicyclic) bond motifs is 1. The van der Waals surface area contributed by atoms with Crippen LogP contribution in [0.5, 0.6) is 11.8 Å². The Bertz CT molecular complexity index is 590. The molecule has 0 fully saturated rings. The number of nitrogens with zero attached hydrogens (tertiary/aromatic N) is 1. The third-order valence-corrected chi connectivity index (χ3v) is 2.24. The summed E-state index contributed by atoms with van der Waals surface area (Å²) in [5.41, 5.74) is 0.344. The van der Waals surface area contributed by atoms with E-state index in [1.165, 1.54) is 0 Å². The first-order chi connectivity index (χ1) is 8.10. The zero-order valence-electron chi connectivity index (χ0n) is 9.98. The molecule has 0 spiro atoms. The van der Waals surface area contributed by atoms with Crippen LogP contribution >= 0.6 is 0 Å². The molecule has 0 atom stereocenters. The molecule has 5 nitrogen and oxygen atoms in total. The van der Waals surface area contributed by atoms with Gasteiger partial charge in [-0.15, -0.1) is 0 Å². The lowest BCUT2D eigenvalue weighted by Crippen LogP contribution is -2.14. The Morgan fingerprint density at radius 3 is 2.76 bits per heavy atom. The molecule has 5 heteroatoms. The zero-order valence-corrected chi connectivity index (χ0v) is 9.98. The number of nitrogens with one attached hydrogen (secondary N) is 1. The van der Waals surface area contributed by atoms with E-state index >= 15 is 0 Å². The molecule has 1 N–H and O–H groups in total. The highest BCUT2D eigenvalue weighted by molar-refractivity contribution is 5.79. The van der Waals surface area contributed by atoms with Gasteiger partial charge >= 0.3 is 0 Å². The molecule has 1 aromatic carbocycles. The van der Waals surface area contributed by atoms with E-state index in [2.05, 4.69) is 9.97 Å². The van der Waals surface area contributed by atoms with Crippen LogP contribution in [0.3, 0.4) is 0 Å². The molecule has 0 saturated heterocycles. The van der Waals surface area contributed by atoms with Crippen molar-refractivity contribution in [3.63, 3.8) is 0 Å². The summed E-state index contributed by atoms with van der Waals surface area (Å²) in [5, 5.41) is 0.516. The molecule has 1 heterocycles. The normalized spacial score (nSPS) is 10.8. The molecule has 0 bridgehead atoms. The van der Waals surface area contributed by atoms with E-state index < -0.39 is 0 Å². The summed E-state index contributed by atoms with van der Waals surface area (Å²) < 4.78 is 10.5. The van der Waals surface area contributed by atoms with Gasteiger partial charge in [-0.05, 0) is 26.0 Å². The first kappa shape index (κ1) is 11.4. The summed E-state index contributed by atoms with van der Waals surface area (Å²) in [4.78, 5) is 18.6. The predicted molar refractivity (Wildman–Crippen MR) is 64.7 cm³/mol. The third kappa shape index (κ3) is 2.38. The molecule has 0 aliphatic heterocycles. The van der Waals surface area contributed by atoms with Crippen molar-refractivity contribution in [1.29, 1.82) is 0 Å². The van der Waals surface area contributed by atoms with Crippen LogP contribution in [0.25, 0.3) is 10.9 Å². The standard InChI is InChI=1S/C12H14N2O3/c1-7(2)17-12-13-10-6-8(16-3)4-5-9(10)11(15)14-12/h4-7H,1-3H3,(H,13,14,15). The summed E-state index contributed by atoms with van der Waals surface area (Å²) in [6.45, 7) is 3.74. The Kier molecular flexibility index (Phi) is 2.99. The number of methoxy groups -OCH3 is 1. The van der Waals surface area contributed by atoms with Crippen molar-refractivity contribution in [2.45, 2.75) is 20.0 Å². The molecule has 1 aromatic heterocycles. The quantitative estimate of drug-likeness (QED) is 0.878. The van der Waals surface area contributed by atoms with Crippen molar-refractivity contribution < 1.29 is 9.47 Å². The van der Waals surface area contributed by atoms with Crippen molar-refractivity contribution >= 4 is 10.9 Å². The Morgan fingerprint density at radius 1 is 1.35 bits per heavy atom. The van der Waals surface area contributed by atoms with Crippen LogP contribution in [0.2, 0.25) is 0 Å². The molecule has 90 valence electrons. The monoisotopic (exact) mass is 234 g/mol. The molecule has 0 aliphatic rings. The topological polar surface area (TPSA) is 64.2 Å². The summed E-state index contributed by atoms with van der Waals surface area (Å²) in [6.07, 6.45) is -0.0405. The number of hydrogen-bond acceptors (Lipinski definition) is 4. The molecular weight excluding hydrogens is 220 g/mol. The molecular formula is C12H14N2O3. The SMILES string of the molecule is COc1ccc2c(=O)[nH]c(OC(C)C)nc2c1. The Hall–Kier alpha value is -2.04. The first-order valence-corrected chi connectivity index (χ1v) is 5.35. The van der Waals surface area contributed by atoms with Gasteiger partial charge in [-0.2, -0.15) is 4.98 Å². The molecule has 0 saturated carbocycles. The van der Waals surface area contributed by atoms with E-state index in [4.69, 9.17) is 9.47 Å². The minimum Gasteiger partial charge on any atom is -0.497 e. The highest BCUT2D eigenvalue weighted by Crippen LogP contribution is 2.17. The number of aromatic nitrogens is 2. The van der Waals surface area contributed by atoms with Crippen LogP contribution in [0, 0.1) is 0 Å². The summed E-state index contributed by atoms with van der Waals surface area (Å²) in [6, 6.07) is 5.34. The van der Waals surface area contributed by atoms with E-state index in [0.29, 0.717) is 16.7 Å². The van der Waals surface area contributed by atoms with Crippen LogP contribution in [-0.2, 0) is 0 Å². The zero-order chi connectivity index (χ0) is 12.4. The molecule has 0 aliphatic carbocycles. The minimum absolute atomic E-state index is 0.0405. The van der Waals surface area contributed by atoms with Gasteiger partial charge in [0.1, 0.15) is 5.75 Å². The average molecular weight is 234 g/mol. The Labute approximate surface area is 98.4 Å². The lowest BCUT2D eigenvalue weighted by Gasteiger charge is -2.08. The summed E-state index contributed by atoms with van der Waals surface area (Å²) in [5.74, 6) is 0.658. The van der Waals surface area contributed by atoms with Crippen molar-refractivity contribution in [2.75, 3.05) is 7.11 Å². The Morgan fingerprint density at radius 2 is 2.12 bits per heavy atom. The molecule has 2 aromatic rings. The maximum atomic E-state index is 11.8. The van der Waals surface area contributed by atoms with Crippen molar-refractivity contribution in [3.05, 3.63) is 28.6 Å². The van der Waals surface area contributed by atoms with Gasteiger partial charge in [0.2, 0.25) is 0 Å². The van der Waals surface area contributed by atoms with Crippen LogP contribution in [0.4, 0.5) is 0 Å². The van der Waals surface area contributed by atoms with Gasteiger partial charge in [-0.1, -0.05) is 0 Å². The average Bonchev–Trinajstić information content (AvgIpc) is 2.27. The van der Waals surface area contributed by atoms with Crippen molar-refractivity contribution in [1.82, 2.24) is 9.97 Å². The molecule has 2 rings (SSSR count). The van der Waals surface area contributed by atoms with E-state index in [9.17, 15) is 4.79 Å². The predicted octanol–water partition coefficient (Wildman–Crippen LogP) is 1.72. The number of aromatic amines is 1. The molecule has 17 heavy (non-hydrogen) atoms. The highest BCUT2D eigenvalue weighted by atomic mass is 16.5. The molecule has 0 amide bonds. The molecule has 0 radical (unpaired) electrons. The molecule has 0 unspecified atom stereocenters. The minimum atomic E-state index is -0.215. The first-order valence-electron chi connectivity index (χ1n) is 5.35. The van der Waals surface area contributed by atoms with E-state index in [1.807, 2.05) is 13.8 Å². The fourth-order valence-corrected chi connectivity index (χ4v) is 1.50. The number of hydrogen-bond donors (Lipinski definition) is 1. The third-order valence-electron chi connectivity index (χ3n) is 2.24. The van der Waals surface area contributed by atoms with E-state index in [0.717, 1.165) is 0 Å². The van der Waals surface area contributed by atoms with Gasteiger partial charge in [0.15, 0.2) is 0 Å². The second-order valence-corrected chi connectivity index (χ2v) is 3.92. The van der Waals surface area contributed by atoms with E-state index in [1.54, 1.807) is 25.3 Å². The van der Waals surface area contributed by atoms with E-state index in [-0.39, 0.29) is 17.7 Å². The van der Waals surface area contributed by atoms with Gasteiger partial charge < -0.3 is 9.47 Å². The summed E-state index contributed by atoms with van der Waals surface area (Å²) in [7, 11) is 1.57. The second-order valence-electron chi connectivity index (χ2n) is 3.92. The maximum absolute atomic E-state index is 11.8.